The van der Waals surface area contributed by atoms with Crippen LogP contribution in [-0.2, 0) is 21.4 Å². The van der Waals surface area contributed by atoms with Gasteiger partial charge < -0.3 is 19.3 Å². The summed E-state index contributed by atoms with van der Waals surface area (Å²) in [5.41, 5.74) is 2.02. The molecule has 0 aliphatic carbocycles. The molecule has 0 unspecified atom stereocenters. The molecule has 0 N–H and O–H groups in total. The van der Waals surface area contributed by atoms with E-state index in [1.165, 1.54) is 0 Å². The third-order valence-corrected chi connectivity index (χ3v) is 4.59. The Balaban J connectivity index is 1.99. The summed E-state index contributed by atoms with van der Waals surface area (Å²) in [6.07, 6.45) is 0.0523. The zero-order chi connectivity index (χ0) is 19.3. The van der Waals surface area contributed by atoms with Crippen molar-refractivity contribution in [2.45, 2.75) is 39.5 Å². The molecule has 26 heavy (non-hydrogen) atoms. The summed E-state index contributed by atoms with van der Waals surface area (Å²) in [4.78, 5) is 27.9. The van der Waals surface area contributed by atoms with E-state index in [2.05, 4.69) is 26.8 Å². The Morgan fingerprint density at radius 2 is 1.69 bits per heavy atom. The summed E-state index contributed by atoms with van der Waals surface area (Å²) < 4.78 is 10.5. The van der Waals surface area contributed by atoms with E-state index >= 15 is 0 Å². The first-order valence-electron chi connectivity index (χ1n) is 9.13. The largest absolute Gasteiger partial charge is 0.496 e. The molecule has 6 nitrogen and oxygen atoms in total. The van der Waals surface area contributed by atoms with Gasteiger partial charge in [0, 0.05) is 26.2 Å². The van der Waals surface area contributed by atoms with E-state index < -0.39 is 0 Å². The van der Waals surface area contributed by atoms with Crippen LogP contribution in [0.15, 0.2) is 18.2 Å². The number of rotatable bonds is 4. The number of hydrogen-bond acceptors (Lipinski definition) is 4. The highest BCUT2D eigenvalue weighted by atomic mass is 16.6. The lowest BCUT2D eigenvalue weighted by Gasteiger charge is -2.34. The summed E-state index contributed by atoms with van der Waals surface area (Å²) in [6.45, 7) is 10.7. The molecule has 1 aromatic carbocycles. The highest BCUT2D eigenvalue weighted by Crippen LogP contribution is 2.32. The van der Waals surface area contributed by atoms with Gasteiger partial charge in [0.1, 0.15) is 5.75 Å². The molecule has 1 fully saturated rings. The number of piperazine rings is 1. The first-order chi connectivity index (χ1) is 12.3. The Labute approximate surface area is 156 Å². The van der Waals surface area contributed by atoms with Gasteiger partial charge in [-0.05, 0) is 29.5 Å². The van der Waals surface area contributed by atoms with Crippen molar-refractivity contribution in [1.82, 2.24) is 9.80 Å². The molecule has 0 spiro atoms. The van der Waals surface area contributed by atoms with Crippen LogP contribution in [-0.4, -0.2) is 61.7 Å². The third-order valence-electron chi connectivity index (χ3n) is 4.59. The smallest absolute Gasteiger partial charge is 0.409 e. The Morgan fingerprint density at radius 1 is 1.08 bits per heavy atom. The SMILES string of the molecule is CCOC(=O)N1CCN(C(=O)Cc2ccc(OC)c(C(C)(C)C)c2)CC1. The molecule has 1 aliphatic heterocycles. The van der Waals surface area contributed by atoms with Crippen molar-refractivity contribution in [3.63, 3.8) is 0 Å². The molecule has 144 valence electrons. The fraction of sp³-hybridized carbons (Fsp3) is 0.600. The van der Waals surface area contributed by atoms with Crippen LogP contribution >= 0.6 is 0 Å². The first kappa shape index (κ1) is 20.1. The standard InChI is InChI=1S/C20H30N2O4/c1-6-26-19(24)22-11-9-21(10-12-22)18(23)14-15-7-8-17(25-5)16(13-15)20(2,3)4/h7-8,13H,6,9-12,14H2,1-5H3. The van der Waals surface area contributed by atoms with Crippen molar-refractivity contribution < 1.29 is 19.1 Å². The minimum absolute atomic E-state index is 0.0599. The van der Waals surface area contributed by atoms with Crippen molar-refractivity contribution in [2.24, 2.45) is 0 Å². The molecule has 0 saturated carbocycles. The number of carbonyl (C=O) groups is 2. The third kappa shape index (κ3) is 4.90. The summed E-state index contributed by atoms with van der Waals surface area (Å²) in [5.74, 6) is 0.926. The number of methoxy groups -OCH3 is 1. The van der Waals surface area contributed by atoms with Crippen molar-refractivity contribution in [3.8, 4) is 5.75 Å². The van der Waals surface area contributed by atoms with E-state index in [9.17, 15) is 9.59 Å². The quantitative estimate of drug-likeness (QED) is 0.826. The number of nitrogens with zero attached hydrogens (tertiary/aromatic N) is 2. The molecule has 1 aromatic rings. The molecule has 6 heteroatoms. The highest BCUT2D eigenvalue weighted by Gasteiger charge is 2.25. The van der Waals surface area contributed by atoms with Crippen LogP contribution in [0.3, 0.4) is 0 Å². The number of hydrogen-bond donors (Lipinski definition) is 0. The highest BCUT2D eigenvalue weighted by molar-refractivity contribution is 5.79. The summed E-state index contributed by atoms with van der Waals surface area (Å²) in [6, 6.07) is 5.94. The maximum absolute atomic E-state index is 12.6. The number of amides is 2. The van der Waals surface area contributed by atoms with E-state index in [0.717, 1.165) is 16.9 Å². The molecule has 2 amide bonds. The maximum atomic E-state index is 12.6. The fourth-order valence-electron chi connectivity index (χ4n) is 3.09. The topological polar surface area (TPSA) is 59.1 Å². The van der Waals surface area contributed by atoms with Crippen LogP contribution in [0, 0.1) is 0 Å². The zero-order valence-electron chi connectivity index (χ0n) is 16.5. The monoisotopic (exact) mass is 362 g/mol. The van der Waals surface area contributed by atoms with Crippen LogP contribution in [0.4, 0.5) is 4.79 Å². The molecule has 1 heterocycles. The second-order valence-electron chi connectivity index (χ2n) is 7.53. The van der Waals surface area contributed by atoms with Gasteiger partial charge in [-0.2, -0.15) is 0 Å². The van der Waals surface area contributed by atoms with Gasteiger partial charge in [-0.1, -0.05) is 32.9 Å². The lowest BCUT2D eigenvalue weighted by molar-refractivity contribution is -0.132. The Morgan fingerprint density at radius 3 is 2.23 bits per heavy atom. The predicted octanol–water partition coefficient (Wildman–Crippen LogP) is 2.84. The summed E-state index contributed by atoms with van der Waals surface area (Å²) >= 11 is 0. The van der Waals surface area contributed by atoms with Crippen molar-refractivity contribution in [3.05, 3.63) is 29.3 Å². The van der Waals surface area contributed by atoms with Crippen LogP contribution in [0.1, 0.15) is 38.8 Å². The molecule has 2 rings (SSSR count). The van der Waals surface area contributed by atoms with Crippen LogP contribution in [0.2, 0.25) is 0 Å². The molecule has 1 saturated heterocycles. The molecule has 1 aliphatic rings. The zero-order valence-corrected chi connectivity index (χ0v) is 16.5. The van der Waals surface area contributed by atoms with Gasteiger partial charge in [0.2, 0.25) is 5.91 Å². The van der Waals surface area contributed by atoms with Gasteiger partial charge in [-0.15, -0.1) is 0 Å². The summed E-state index contributed by atoms with van der Waals surface area (Å²) in [5, 5.41) is 0. The van der Waals surface area contributed by atoms with Crippen LogP contribution < -0.4 is 4.74 Å². The van der Waals surface area contributed by atoms with Crippen molar-refractivity contribution in [2.75, 3.05) is 39.9 Å². The molecule has 0 bridgehead atoms. The Kier molecular flexibility index (Phi) is 6.51. The fourth-order valence-corrected chi connectivity index (χ4v) is 3.09. The number of ether oxygens (including phenoxy) is 2. The lowest BCUT2D eigenvalue weighted by Crippen LogP contribution is -2.51. The molecule has 0 radical (unpaired) electrons. The van der Waals surface area contributed by atoms with Crippen LogP contribution in [0.5, 0.6) is 5.75 Å². The Bertz CT molecular complexity index is 644. The van der Waals surface area contributed by atoms with Gasteiger partial charge in [-0.3, -0.25) is 4.79 Å². The van der Waals surface area contributed by atoms with Gasteiger partial charge >= 0.3 is 6.09 Å². The minimum Gasteiger partial charge on any atom is -0.496 e. The molecular weight excluding hydrogens is 332 g/mol. The first-order valence-corrected chi connectivity index (χ1v) is 9.13. The van der Waals surface area contributed by atoms with E-state index in [-0.39, 0.29) is 17.4 Å². The van der Waals surface area contributed by atoms with Gasteiger partial charge in [0.15, 0.2) is 0 Å². The molecule has 0 atom stereocenters. The molecular formula is C20H30N2O4. The lowest BCUT2D eigenvalue weighted by atomic mass is 9.85. The van der Waals surface area contributed by atoms with E-state index in [0.29, 0.717) is 39.2 Å². The second-order valence-corrected chi connectivity index (χ2v) is 7.53. The average molecular weight is 362 g/mol. The van der Waals surface area contributed by atoms with Crippen molar-refractivity contribution >= 4 is 12.0 Å². The van der Waals surface area contributed by atoms with Gasteiger partial charge in [0.25, 0.3) is 0 Å². The van der Waals surface area contributed by atoms with Crippen molar-refractivity contribution in [1.29, 1.82) is 0 Å². The Hall–Kier alpha value is -2.24. The maximum Gasteiger partial charge on any atom is 0.409 e. The predicted molar refractivity (Wildman–Crippen MR) is 101 cm³/mol. The van der Waals surface area contributed by atoms with Crippen LogP contribution in [0.25, 0.3) is 0 Å². The number of benzene rings is 1. The van der Waals surface area contributed by atoms with E-state index in [4.69, 9.17) is 9.47 Å². The van der Waals surface area contributed by atoms with E-state index in [1.807, 2.05) is 17.0 Å². The van der Waals surface area contributed by atoms with E-state index in [1.54, 1.807) is 18.9 Å². The van der Waals surface area contributed by atoms with Gasteiger partial charge in [0.05, 0.1) is 20.1 Å². The molecule has 0 aromatic heterocycles. The average Bonchev–Trinajstić information content (AvgIpc) is 2.61. The number of carbonyl (C=O) groups excluding carboxylic acids is 2. The minimum atomic E-state index is -0.301. The summed E-state index contributed by atoms with van der Waals surface area (Å²) in [7, 11) is 1.67. The normalized spacial score (nSPS) is 15.0. The second kappa shape index (κ2) is 8.43. The van der Waals surface area contributed by atoms with Gasteiger partial charge in [-0.25, -0.2) is 4.79 Å².